The lowest BCUT2D eigenvalue weighted by Crippen LogP contribution is -2.59. The van der Waals surface area contributed by atoms with Gasteiger partial charge in [0.2, 0.25) is 0 Å². The summed E-state index contributed by atoms with van der Waals surface area (Å²) in [5.41, 5.74) is 14.7. The first-order valence-electron chi connectivity index (χ1n) is 18.8. The first kappa shape index (κ1) is 27.1. The Balaban J connectivity index is 1.43. The second kappa shape index (κ2) is 8.89. The number of aromatic nitrogens is 2. The van der Waals surface area contributed by atoms with E-state index in [1.807, 2.05) is 0 Å². The molecule has 0 saturated heterocycles. The van der Waals surface area contributed by atoms with Gasteiger partial charge in [-0.15, -0.1) is 0 Å². The molecule has 0 fully saturated rings. The van der Waals surface area contributed by atoms with Crippen LogP contribution in [0.3, 0.4) is 0 Å². The maximum atomic E-state index is 2.67. The maximum Gasteiger partial charge on any atom is 0.252 e. The zero-order valence-corrected chi connectivity index (χ0v) is 29.3. The van der Waals surface area contributed by atoms with Gasteiger partial charge in [-0.05, 0) is 80.1 Å². The fourth-order valence-electron chi connectivity index (χ4n) is 11.2. The van der Waals surface area contributed by atoms with Crippen molar-refractivity contribution < 1.29 is 0 Å². The number of hydrogen-bond donors (Lipinski definition) is 0. The highest BCUT2D eigenvalue weighted by Gasteiger charge is 2.43. The van der Waals surface area contributed by atoms with Gasteiger partial charge in [-0.25, -0.2) is 0 Å². The minimum absolute atomic E-state index is 0.0719. The number of fused-ring (bicyclic) bond motifs is 18. The molecule has 0 N–H and O–H groups in total. The van der Waals surface area contributed by atoms with E-state index in [0.29, 0.717) is 0 Å². The van der Waals surface area contributed by atoms with Gasteiger partial charge in [0, 0.05) is 48.7 Å². The van der Waals surface area contributed by atoms with Gasteiger partial charge < -0.3 is 9.13 Å². The van der Waals surface area contributed by atoms with Gasteiger partial charge in [-0.3, -0.25) is 0 Å². The third kappa shape index (κ3) is 2.91. The summed E-state index contributed by atoms with van der Waals surface area (Å²) in [6.07, 6.45) is 0. The Bertz CT molecular complexity index is 3470. The molecule has 0 spiro atoms. The summed E-state index contributed by atoms with van der Waals surface area (Å²) in [6.45, 7) is 4.58. The van der Waals surface area contributed by atoms with Crippen LogP contribution in [0.25, 0.3) is 109 Å². The van der Waals surface area contributed by atoms with E-state index in [4.69, 9.17) is 0 Å². The molecule has 3 heteroatoms. The van der Waals surface area contributed by atoms with Crippen LogP contribution < -0.4 is 16.4 Å². The van der Waals surface area contributed by atoms with Crippen LogP contribution in [0.1, 0.15) is 11.1 Å². The summed E-state index contributed by atoms with van der Waals surface area (Å²) >= 11 is 0. The monoisotopic (exact) mass is 668 g/mol. The minimum Gasteiger partial charge on any atom is -0.310 e. The first-order chi connectivity index (χ1) is 26.2. The van der Waals surface area contributed by atoms with Crippen LogP contribution in [0.2, 0.25) is 0 Å². The Morgan fingerprint density at radius 2 is 0.811 bits per heavy atom. The molecule has 10 aromatic carbocycles. The van der Waals surface area contributed by atoms with Crippen molar-refractivity contribution in [2.45, 2.75) is 13.8 Å². The van der Waals surface area contributed by atoms with Crippen LogP contribution in [0.5, 0.6) is 0 Å². The summed E-state index contributed by atoms with van der Waals surface area (Å²) in [5.74, 6) is 0. The first-order valence-corrected chi connectivity index (χ1v) is 18.8. The van der Waals surface area contributed by atoms with Crippen molar-refractivity contribution in [2.75, 3.05) is 0 Å². The van der Waals surface area contributed by atoms with E-state index in [-0.39, 0.29) is 6.71 Å². The van der Waals surface area contributed by atoms with Crippen LogP contribution in [0, 0.1) is 13.8 Å². The molecule has 2 aliphatic heterocycles. The molecule has 0 bridgehead atoms. The molecule has 0 atom stereocenters. The number of rotatable bonds is 0. The fourth-order valence-corrected chi connectivity index (χ4v) is 11.2. The van der Waals surface area contributed by atoms with E-state index in [9.17, 15) is 0 Å². The van der Waals surface area contributed by atoms with Gasteiger partial charge >= 0.3 is 0 Å². The van der Waals surface area contributed by atoms with Crippen LogP contribution in [0.15, 0.2) is 140 Å². The molecular weight excluding hydrogens is 639 g/mol. The highest BCUT2D eigenvalue weighted by Crippen LogP contribution is 2.51. The topological polar surface area (TPSA) is 9.86 Å². The standard InChI is InChI=1S/C50H29BN2/c1-26-20-22-28-32-12-7-13-33-29-23-21-27(2)25-37(29)44-45(42(32)33)43(36(28)24-26)49-46-50(44)53-41-19-6-4-11-31(41)35-15-9-17-39(48(35)53)51(46)38-16-8-14-34-30-10-3-5-18-40(30)52(49)47(34)38/h3-25H,1-2H3. The van der Waals surface area contributed by atoms with Crippen molar-refractivity contribution in [2.24, 2.45) is 0 Å². The molecule has 0 aliphatic carbocycles. The fraction of sp³-hybridized carbons (Fsp3) is 0.0400. The summed E-state index contributed by atoms with van der Waals surface area (Å²) in [4.78, 5) is 0. The van der Waals surface area contributed by atoms with Crippen LogP contribution in [-0.2, 0) is 0 Å². The number of para-hydroxylation sites is 4. The smallest absolute Gasteiger partial charge is 0.252 e. The van der Waals surface area contributed by atoms with Crippen LogP contribution in [0.4, 0.5) is 0 Å². The van der Waals surface area contributed by atoms with Gasteiger partial charge in [0.1, 0.15) is 0 Å². The molecule has 0 amide bonds. The van der Waals surface area contributed by atoms with E-state index >= 15 is 0 Å². The molecule has 0 saturated carbocycles. The summed E-state index contributed by atoms with van der Waals surface area (Å²) in [7, 11) is 0. The molecule has 2 aliphatic rings. The van der Waals surface area contributed by atoms with E-state index in [0.717, 1.165) is 0 Å². The zero-order chi connectivity index (χ0) is 34.4. The molecule has 2 aromatic heterocycles. The largest absolute Gasteiger partial charge is 0.310 e. The Morgan fingerprint density at radius 1 is 0.358 bits per heavy atom. The van der Waals surface area contributed by atoms with Gasteiger partial charge in [0.05, 0.1) is 22.4 Å². The predicted molar refractivity (Wildman–Crippen MR) is 228 cm³/mol. The van der Waals surface area contributed by atoms with Crippen LogP contribution in [-0.4, -0.2) is 15.8 Å². The lowest BCUT2D eigenvalue weighted by molar-refractivity contribution is 1.17. The number of hydrogen-bond acceptors (Lipinski definition) is 0. The van der Waals surface area contributed by atoms with Crippen molar-refractivity contribution in [3.8, 4) is 11.4 Å². The quantitative estimate of drug-likeness (QED) is 0.0865. The van der Waals surface area contributed by atoms with E-state index in [2.05, 4.69) is 163 Å². The highest BCUT2D eigenvalue weighted by atomic mass is 15.0. The molecule has 4 heterocycles. The molecule has 12 aromatic rings. The Hall–Kier alpha value is -6.58. The average molecular weight is 669 g/mol. The Morgan fingerprint density at radius 3 is 1.34 bits per heavy atom. The van der Waals surface area contributed by atoms with Gasteiger partial charge in [0.25, 0.3) is 6.71 Å². The minimum atomic E-state index is 0.0719. The Kier molecular flexibility index (Phi) is 4.55. The van der Waals surface area contributed by atoms with Gasteiger partial charge in [0.15, 0.2) is 0 Å². The lowest BCUT2D eigenvalue weighted by atomic mass is 9.34. The zero-order valence-electron chi connectivity index (χ0n) is 29.3. The normalized spacial score (nSPS) is 13.4. The maximum absolute atomic E-state index is 2.67. The van der Waals surface area contributed by atoms with Gasteiger partial charge in [-0.1, -0.05) is 139 Å². The van der Waals surface area contributed by atoms with Crippen molar-refractivity contribution in [3.05, 3.63) is 151 Å². The second-order valence-corrected chi connectivity index (χ2v) is 15.7. The third-order valence-electron chi connectivity index (χ3n) is 13.1. The molecule has 0 radical (unpaired) electrons. The molecule has 2 nitrogen and oxygen atoms in total. The predicted octanol–water partition coefficient (Wildman–Crippen LogP) is 10.8. The van der Waals surface area contributed by atoms with Crippen LogP contribution >= 0.6 is 0 Å². The number of benzene rings is 10. The molecule has 53 heavy (non-hydrogen) atoms. The highest BCUT2D eigenvalue weighted by molar-refractivity contribution is 7.01. The van der Waals surface area contributed by atoms with E-state index in [1.54, 1.807) is 0 Å². The van der Waals surface area contributed by atoms with E-state index in [1.165, 1.54) is 136 Å². The lowest BCUT2D eigenvalue weighted by Gasteiger charge is -2.36. The SMILES string of the molecule is Cc1ccc2c(c1)c1c3c4c(c5c6cc(C)ccc6c6cccc2c6c15)-n1c2ccccc2c2cccc(c21)B4c1cccc2c4ccccc4n-3c12. The molecular formula is C50H29BN2. The van der Waals surface area contributed by atoms with E-state index < -0.39 is 0 Å². The molecule has 242 valence electrons. The summed E-state index contributed by atoms with van der Waals surface area (Å²) in [6, 6.07) is 53.6. The third-order valence-corrected chi connectivity index (χ3v) is 13.1. The van der Waals surface area contributed by atoms with Crippen molar-refractivity contribution in [1.82, 2.24) is 9.13 Å². The van der Waals surface area contributed by atoms with Crippen molar-refractivity contribution in [1.29, 1.82) is 0 Å². The molecule has 14 rings (SSSR count). The summed E-state index contributed by atoms with van der Waals surface area (Å²) in [5, 5.41) is 18.8. The number of nitrogens with zero attached hydrogens (tertiary/aromatic N) is 2. The number of aryl methyl sites for hydroxylation is 2. The van der Waals surface area contributed by atoms with Crippen molar-refractivity contribution >= 4 is 121 Å². The average Bonchev–Trinajstić information content (AvgIpc) is 3.71. The second-order valence-electron chi connectivity index (χ2n) is 15.7. The van der Waals surface area contributed by atoms with Gasteiger partial charge in [-0.2, -0.15) is 0 Å². The Labute approximate surface area is 304 Å². The molecule has 0 unspecified atom stereocenters. The van der Waals surface area contributed by atoms with Crippen molar-refractivity contribution in [3.63, 3.8) is 0 Å². The summed E-state index contributed by atoms with van der Waals surface area (Å²) < 4.78 is 5.35.